The number of carbonyl (C=O) groups is 1. The average molecular weight is 356 g/mol. The number of nitrogens with zero attached hydrogens (tertiary/aromatic N) is 1. The highest BCUT2D eigenvalue weighted by Crippen LogP contribution is 2.31. The summed E-state index contributed by atoms with van der Waals surface area (Å²) >= 11 is 1.56. The van der Waals surface area contributed by atoms with Crippen molar-refractivity contribution < 1.29 is 13.9 Å². The third-order valence-corrected chi connectivity index (χ3v) is 5.19. The number of furan rings is 1. The molecule has 4 rings (SSSR count). The van der Waals surface area contributed by atoms with Crippen LogP contribution in [0.3, 0.4) is 0 Å². The maximum absolute atomic E-state index is 12.1. The normalized spacial score (nSPS) is 14.1. The van der Waals surface area contributed by atoms with Crippen molar-refractivity contribution in [1.82, 2.24) is 10.3 Å². The Morgan fingerprint density at radius 1 is 1.28 bits per heavy atom. The molecule has 6 heteroatoms. The van der Waals surface area contributed by atoms with Gasteiger partial charge in [0.15, 0.2) is 16.5 Å². The first-order valence-corrected chi connectivity index (χ1v) is 9.43. The predicted molar refractivity (Wildman–Crippen MR) is 97.8 cm³/mol. The van der Waals surface area contributed by atoms with E-state index in [1.807, 2.05) is 24.3 Å². The van der Waals surface area contributed by atoms with Crippen LogP contribution in [-0.4, -0.2) is 30.6 Å². The molecule has 130 valence electrons. The number of para-hydroxylation sites is 1. The molecular formula is C19H20N2O3S. The fraction of sp³-hybridized carbons (Fsp3) is 0.368. The molecule has 1 saturated carbocycles. The summed E-state index contributed by atoms with van der Waals surface area (Å²) in [6.07, 6.45) is 3.41. The van der Waals surface area contributed by atoms with E-state index < -0.39 is 0 Å². The van der Waals surface area contributed by atoms with E-state index in [1.165, 1.54) is 12.8 Å². The number of hydrogen-bond donors (Lipinski definition) is 1. The van der Waals surface area contributed by atoms with Crippen molar-refractivity contribution in [3.63, 3.8) is 0 Å². The highest BCUT2D eigenvalue weighted by molar-refractivity contribution is 7.21. The minimum Gasteiger partial charge on any atom is -0.448 e. The summed E-state index contributed by atoms with van der Waals surface area (Å²) in [4.78, 5) is 16.7. The van der Waals surface area contributed by atoms with Gasteiger partial charge in [0.2, 0.25) is 0 Å². The number of benzene rings is 1. The minimum absolute atomic E-state index is 0.199. The van der Waals surface area contributed by atoms with Crippen LogP contribution in [0.1, 0.15) is 29.8 Å². The van der Waals surface area contributed by atoms with Gasteiger partial charge in [-0.25, -0.2) is 4.98 Å². The third kappa shape index (κ3) is 4.08. The lowest BCUT2D eigenvalue weighted by Gasteiger charge is -2.04. The highest BCUT2D eigenvalue weighted by Gasteiger charge is 2.20. The van der Waals surface area contributed by atoms with E-state index in [9.17, 15) is 4.79 Å². The first-order chi connectivity index (χ1) is 12.3. The van der Waals surface area contributed by atoms with E-state index in [4.69, 9.17) is 9.15 Å². The monoisotopic (exact) mass is 356 g/mol. The quantitative estimate of drug-likeness (QED) is 0.617. The van der Waals surface area contributed by atoms with Gasteiger partial charge in [0.1, 0.15) is 0 Å². The summed E-state index contributed by atoms with van der Waals surface area (Å²) in [7, 11) is 0. The van der Waals surface area contributed by atoms with E-state index in [2.05, 4.69) is 10.3 Å². The van der Waals surface area contributed by atoms with Crippen LogP contribution in [0.2, 0.25) is 0 Å². The summed E-state index contributed by atoms with van der Waals surface area (Å²) in [5.41, 5.74) is 0.941. The Hall–Kier alpha value is -2.18. The zero-order valence-corrected chi connectivity index (χ0v) is 14.7. The van der Waals surface area contributed by atoms with Gasteiger partial charge >= 0.3 is 0 Å². The molecule has 1 aliphatic rings. The Kier molecular flexibility index (Phi) is 4.81. The number of amides is 1. The van der Waals surface area contributed by atoms with Gasteiger partial charge in [-0.2, -0.15) is 0 Å². The lowest BCUT2D eigenvalue weighted by molar-refractivity contribution is 0.0911. The molecule has 0 aliphatic heterocycles. The van der Waals surface area contributed by atoms with Gasteiger partial charge in [0.05, 0.1) is 10.2 Å². The number of carbonyl (C=O) groups excluding carboxylic acids is 1. The number of aromatic nitrogens is 1. The Bertz CT molecular complexity index is 833. The largest absolute Gasteiger partial charge is 0.448 e. The topological polar surface area (TPSA) is 64.4 Å². The molecule has 0 saturated heterocycles. The molecule has 1 N–H and O–H groups in total. The molecule has 0 unspecified atom stereocenters. The van der Waals surface area contributed by atoms with Crippen molar-refractivity contribution in [2.75, 3.05) is 19.8 Å². The van der Waals surface area contributed by atoms with Crippen LogP contribution in [0.15, 0.2) is 40.8 Å². The first kappa shape index (κ1) is 16.3. The average Bonchev–Trinajstić information content (AvgIpc) is 3.15. The van der Waals surface area contributed by atoms with Crippen LogP contribution in [0, 0.1) is 5.92 Å². The molecule has 2 aromatic heterocycles. The minimum atomic E-state index is -0.199. The maximum atomic E-state index is 12.1. The van der Waals surface area contributed by atoms with Gasteiger partial charge in [-0.1, -0.05) is 12.1 Å². The molecule has 0 spiro atoms. The number of thiazole rings is 1. The van der Waals surface area contributed by atoms with E-state index in [1.54, 1.807) is 23.5 Å². The second kappa shape index (κ2) is 7.37. The number of fused-ring (bicyclic) bond motifs is 1. The van der Waals surface area contributed by atoms with E-state index >= 15 is 0 Å². The predicted octanol–water partition coefficient (Wildman–Crippen LogP) is 4.10. The number of ether oxygens (including phenoxy) is 1. The molecule has 0 bridgehead atoms. The number of hydrogen-bond acceptors (Lipinski definition) is 5. The van der Waals surface area contributed by atoms with Crippen molar-refractivity contribution in [1.29, 1.82) is 0 Å². The molecule has 1 amide bonds. The summed E-state index contributed by atoms with van der Waals surface area (Å²) in [6, 6.07) is 11.4. The smallest absolute Gasteiger partial charge is 0.287 e. The lowest BCUT2D eigenvalue weighted by Crippen LogP contribution is -2.24. The van der Waals surface area contributed by atoms with Crippen LogP contribution < -0.4 is 5.32 Å². The van der Waals surface area contributed by atoms with Gasteiger partial charge in [0.25, 0.3) is 5.91 Å². The van der Waals surface area contributed by atoms with E-state index in [0.29, 0.717) is 24.7 Å². The van der Waals surface area contributed by atoms with Crippen LogP contribution >= 0.6 is 11.3 Å². The highest BCUT2D eigenvalue weighted by atomic mass is 32.1. The van der Waals surface area contributed by atoms with Crippen molar-refractivity contribution in [2.45, 2.75) is 19.3 Å². The summed E-state index contributed by atoms with van der Waals surface area (Å²) in [6.45, 7) is 2.13. The Morgan fingerprint density at radius 2 is 2.16 bits per heavy atom. The molecule has 0 radical (unpaired) electrons. The van der Waals surface area contributed by atoms with Gasteiger partial charge in [-0.3, -0.25) is 4.79 Å². The maximum Gasteiger partial charge on any atom is 0.287 e. The molecular weight excluding hydrogens is 336 g/mol. The standard InChI is InChI=1S/C19H20N2O3S/c22-18(20-10-3-11-23-12-13-6-7-13)15-8-9-16(24-15)19-21-14-4-1-2-5-17(14)25-19/h1-2,4-5,8-9,13H,3,6-7,10-12H2,(H,20,22). The van der Waals surface area contributed by atoms with Crippen LogP contribution in [-0.2, 0) is 4.74 Å². The first-order valence-electron chi connectivity index (χ1n) is 8.61. The molecule has 0 atom stereocenters. The van der Waals surface area contributed by atoms with Crippen LogP contribution in [0.5, 0.6) is 0 Å². The fourth-order valence-electron chi connectivity index (χ4n) is 2.55. The lowest BCUT2D eigenvalue weighted by atomic mass is 10.3. The van der Waals surface area contributed by atoms with Crippen molar-refractivity contribution >= 4 is 27.5 Å². The Labute approximate surface area is 150 Å². The second-order valence-corrected chi connectivity index (χ2v) is 7.31. The van der Waals surface area contributed by atoms with Crippen LogP contribution in [0.4, 0.5) is 0 Å². The molecule has 2 heterocycles. The fourth-order valence-corrected chi connectivity index (χ4v) is 3.48. The van der Waals surface area contributed by atoms with Gasteiger partial charge in [-0.05, 0) is 49.4 Å². The number of rotatable bonds is 8. The second-order valence-electron chi connectivity index (χ2n) is 6.28. The van der Waals surface area contributed by atoms with Gasteiger partial charge in [0, 0.05) is 19.8 Å². The molecule has 25 heavy (non-hydrogen) atoms. The SMILES string of the molecule is O=C(NCCCOCC1CC1)c1ccc(-c2nc3ccccc3s2)o1. The zero-order valence-electron chi connectivity index (χ0n) is 13.9. The third-order valence-electron chi connectivity index (χ3n) is 4.14. The molecule has 1 fully saturated rings. The molecule has 5 nitrogen and oxygen atoms in total. The van der Waals surface area contributed by atoms with Crippen molar-refractivity contribution in [3.8, 4) is 10.8 Å². The van der Waals surface area contributed by atoms with Crippen LogP contribution in [0.25, 0.3) is 21.0 Å². The molecule has 1 aliphatic carbocycles. The van der Waals surface area contributed by atoms with Crippen molar-refractivity contribution in [3.05, 3.63) is 42.2 Å². The Balaban J connectivity index is 1.29. The summed E-state index contributed by atoms with van der Waals surface area (Å²) < 4.78 is 12.3. The number of nitrogens with one attached hydrogen (secondary N) is 1. The molecule has 3 aromatic rings. The molecule has 1 aromatic carbocycles. The summed E-state index contributed by atoms with van der Waals surface area (Å²) in [5.74, 6) is 1.51. The Morgan fingerprint density at radius 3 is 3.00 bits per heavy atom. The van der Waals surface area contributed by atoms with E-state index in [-0.39, 0.29) is 5.91 Å². The van der Waals surface area contributed by atoms with E-state index in [0.717, 1.165) is 34.2 Å². The van der Waals surface area contributed by atoms with Gasteiger partial charge < -0.3 is 14.5 Å². The summed E-state index contributed by atoms with van der Waals surface area (Å²) in [5, 5.41) is 3.65. The van der Waals surface area contributed by atoms with Crippen molar-refractivity contribution in [2.24, 2.45) is 5.92 Å². The zero-order chi connectivity index (χ0) is 17.1. The van der Waals surface area contributed by atoms with Gasteiger partial charge in [-0.15, -0.1) is 11.3 Å².